The second kappa shape index (κ2) is 6.01. The van der Waals surface area contributed by atoms with Crippen molar-refractivity contribution in [1.82, 2.24) is 10.3 Å². The number of benzene rings is 1. The summed E-state index contributed by atoms with van der Waals surface area (Å²) in [5.74, 6) is 0.529. The Labute approximate surface area is 118 Å². The van der Waals surface area contributed by atoms with Gasteiger partial charge in [0.2, 0.25) is 0 Å². The fourth-order valence-corrected chi connectivity index (χ4v) is 2.15. The average Bonchev–Trinajstić information content (AvgIpc) is 3.30. The van der Waals surface area contributed by atoms with E-state index >= 15 is 0 Å². The third-order valence-corrected chi connectivity index (χ3v) is 3.52. The predicted molar refractivity (Wildman–Crippen MR) is 77.7 cm³/mol. The number of halogens is 1. The van der Waals surface area contributed by atoms with Crippen LogP contribution in [0.25, 0.3) is 0 Å². The molecule has 1 fully saturated rings. The number of aromatic nitrogens is 1. The smallest absolute Gasteiger partial charge is 0.146 e. The van der Waals surface area contributed by atoms with Gasteiger partial charge in [0.25, 0.3) is 0 Å². The molecule has 4 heteroatoms. The van der Waals surface area contributed by atoms with Crippen molar-refractivity contribution in [3.63, 3.8) is 0 Å². The molecule has 1 saturated carbocycles. The first-order valence-electron chi connectivity index (χ1n) is 6.97. The summed E-state index contributed by atoms with van der Waals surface area (Å²) in [5, 5.41) is 6.70. The molecule has 0 amide bonds. The van der Waals surface area contributed by atoms with Gasteiger partial charge >= 0.3 is 0 Å². The lowest BCUT2D eigenvalue weighted by molar-refractivity contribution is 0.551. The molecule has 2 N–H and O–H groups in total. The molecule has 1 aromatic carbocycles. The number of hydrogen-bond donors (Lipinski definition) is 2. The summed E-state index contributed by atoms with van der Waals surface area (Å²) in [6, 6.07) is 10.6. The molecule has 1 heterocycles. The molecule has 1 atom stereocenters. The van der Waals surface area contributed by atoms with Gasteiger partial charge in [-0.2, -0.15) is 0 Å². The van der Waals surface area contributed by atoms with Gasteiger partial charge in [0.1, 0.15) is 12.0 Å². The van der Waals surface area contributed by atoms with Gasteiger partial charge in [-0.25, -0.2) is 4.39 Å². The predicted octanol–water partition coefficient (Wildman–Crippen LogP) is 3.33. The van der Waals surface area contributed by atoms with Gasteiger partial charge in [-0.05, 0) is 48.6 Å². The second-order valence-corrected chi connectivity index (χ2v) is 5.19. The van der Waals surface area contributed by atoms with Crippen LogP contribution in [0, 0.1) is 11.7 Å². The number of nitrogens with zero attached hydrogens (tertiary/aromatic N) is 1. The first-order valence-corrected chi connectivity index (χ1v) is 6.97. The maximum Gasteiger partial charge on any atom is 0.146 e. The van der Waals surface area contributed by atoms with Crippen molar-refractivity contribution in [2.75, 3.05) is 11.9 Å². The minimum atomic E-state index is -0.236. The van der Waals surface area contributed by atoms with Gasteiger partial charge in [-0.3, -0.25) is 10.3 Å². The third kappa shape index (κ3) is 3.33. The lowest BCUT2D eigenvalue weighted by Crippen LogP contribution is -2.30. The van der Waals surface area contributed by atoms with Crippen molar-refractivity contribution in [1.29, 1.82) is 0 Å². The normalized spacial score (nSPS) is 15.8. The zero-order valence-electron chi connectivity index (χ0n) is 11.2. The Bertz CT molecular complexity index is 555. The molecular weight excluding hydrogens is 253 g/mol. The fraction of sp³-hybridized carbons (Fsp3) is 0.312. The van der Waals surface area contributed by atoms with Crippen LogP contribution in [-0.2, 0) is 0 Å². The van der Waals surface area contributed by atoms with E-state index in [4.69, 9.17) is 0 Å². The minimum Gasteiger partial charge on any atom is -0.364 e. The summed E-state index contributed by atoms with van der Waals surface area (Å²) in [4.78, 5) is 4.03. The van der Waals surface area contributed by atoms with Crippen LogP contribution in [-0.4, -0.2) is 11.5 Å². The van der Waals surface area contributed by atoms with Gasteiger partial charge in [-0.1, -0.05) is 12.1 Å². The summed E-state index contributed by atoms with van der Waals surface area (Å²) in [6.07, 6.45) is 5.98. The number of hydrogen-bond acceptors (Lipinski definition) is 3. The van der Waals surface area contributed by atoms with Crippen molar-refractivity contribution in [2.24, 2.45) is 5.92 Å². The number of nitrogens with one attached hydrogen (secondary N) is 2. The Morgan fingerprint density at radius 1 is 1.15 bits per heavy atom. The highest BCUT2D eigenvalue weighted by Crippen LogP contribution is 2.29. The van der Waals surface area contributed by atoms with Crippen LogP contribution < -0.4 is 10.6 Å². The number of pyridine rings is 1. The molecule has 104 valence electrons. The van der Waals surface area contributed by atoms with Crippen LogP contribution in [0.15, 0.2) is 48.8 Å². The molecule has 0 bridgehead atoms. The fourth-order valence-electron chi connectivity index (χ4n) is 2.15. The van der Waals surface area contributed by atoms with E-state index in [1.165, 1.54) is 18.9 Å². The Hall–Kier alpha value is -1.94. The monoisotopic (exact) mass is 271 g/mol. The maximum absolute atomic E-state index is 13.8. The van der Waals surface area contributed by atoms with E-state index in [1.807, 2.05) is 18.2 Å². The lowest BCUT2D eigenvalue weighted by Gasteiger charge is -2.22. The van der Waals surface area contributed by atoms with Crippen molar-refractivity contribution in [3.05, 3.63) is 60.2 Å². The van der Waals surface area contributed by atoms with Gasteiger partial charge in [-0.15, -0.1) is 0 Å². The Kier molecular flexibility index (Phi) is 3.92. The Morgan fingerprint density at radius 3 is 2.60 bits per heavy atom. The van der Waals surface area contributed by atoms with Gasteiger partial charge in [0.05, 0.1) is 5.69 Å². The van der Waals surface area contributed by atoms with Crippen LogP contribution in [0.5, 0.6) is 0 Å². The van der Waals surface area contributed by atoms with E-state index in [2.05, 4.69) is 15.6 Å². The summed E-state index contributed by atoms with van der Waals surface area (Å²) in [6.45, 7) is 0.953. The van der Waals surface area contributed by atoms with E-state index in [9.17, 15) is 4.39 Å². The van der Waals surface area contributed by atoms with Crippen molar-refractivity contribution in [3.8, 4) is 0 Å². The topological polar surface area (TPSA) is 37.0 Å². The van der Waals surface area contributed by atoms with Crippen LogP contribution in [0.4, 0.5) is 10.1 Å². The largest absolute Gasteiger partial charge is 0.364 e. The van der Waals surface area contributed by atoms with Crippen LogP contribution in [0.1, 0.15) is 24.6 Å². The molecular formula is C16H18FN3. The first-order chi connectivity index (χ1) is 9.83. The van der Waals surface area contributed by atoms with Crippen LogP contribution >= 0.6 is 0 Å². The highest BCUT2D eigenvalue weighted by atomic mass is 19.1. The molecule has 3 nitrogen and oxygen atoms in total. The number of anilines is 1. The first kappa shape index (κ1) is 13.1. The van der Waals surface area contributed by atoms with E-state index in [0.717, 1.165) is 18.0 Å². The summed E-state index contributed by atoms with van der Waals surface area (Å²) >= 11 is 0. The van der Waals surface area contributed by atoms with E-state index in [1.54, 1.807) is 24.5 Å². The zero-order chi connectivity index (χ0) is 13.8. The molecule has 1 aliphatic rings. The van der Waals surface area contributed by atoms with Crippen LogP contribution in [0.3, 0.4) is 0 Å². The molecule has 1 aliphatic carbocycles. The SMILES string of the molecule is Fc1ccccc1NC(NCC1CC1)c1ccncc1. The molecule has 1 aromatic heterocycles. The average molecular weight is 271 g/mol. The molecule has 0 saturated heterocycles. The standard InChI is InChI=1S/C16H18FN3/c17-14-3-1-2-4-15(14)20-16(19-11-12-5-6-12)13-7-9-18-10-8-13/h1-4,7-10,12,16,19-20H,5-6,11H2. The summed E-state index contributed by atoms with van der Waals surface area (Å²) in [5.41, 5.74) is 1.57. The molecule has 20 heavy (non-hydrogen) atoms. The lowest BCUT2D eigenvalue weighted by atomic mass is 10.2. The van der Waals surface area contributed by atoms with Crippen LogP contribution in [0.2, 0.25) is 0 Å². The van der Waals surface area contributed by atoms with Gasteiger partial charge < -0.3 is 5.32 Å². The van der Waals surface area contributed by atoms with Gasteiger partial charge in [0.15, 0.2) is 0 Å². The molecule has 0 aliphatic heterocycles. The summed E-state index contributed by atoms with van der Waals surface area (Å²) in [7, 11) is 0. The second-order valence-electron chi connectivity index (χ2n) is 5.19. The minimum absolute atomic E-state index is 0.101. The van der Waals surface area contributed by atoms with E-state index < -0.39 is 0 Å². The maximum atomic E-state index is 13.8. The highest BCUT2D eigenvalue weighted by molar-refractivity contribution is 5.46. The molecule has 1 unspecified atom stereocenters. The molecule has 2 aromatic rings. The molecule has 0 radical (unpaired) electrons. The molecule has 3 rings (SSSR count). The van der Waals surface area contributed by atoms with E-state index in [-0.39, 0.29) is 12.0 Å². The molecule has 0 spiro atoms. The Morgan fingerprint density at radius 2 is 1.90 bits per heavy atom. The third-order valence-electron chi connectivity index (χ3n) is 3.52. The number of rotatable bonds is 6. The Balaban J connectivity index is 1.76. The highest BCUT2D eigenvalue weighted by Gasteiger charge is 2.23. The quantitative estimate of drug-likeness (QED) is 0.791. The van der Waals surface area contributed by atoms with E-state index in [0.29, 0.717) is 5.69 Å². The zero-order valence-corrected chi connectivity index (χ0v) is 11.2. The van der Waals surface area contributed by atoms with Gasteiger partial charge in [0, 0.05) is 18.9 Å². The number of para-hydroxylation sites is 1. The van der Waals surface area contributed by atoms with Crippen molar-refractivity contribution < 1.29 is 4.39 Å². The van der Waals surface area contributed by atoms with Crippen molar-refractivity contribution >= 4 is 5.69 Å². The van der Waals surface area contributed by atoms with Crippen molar-refractivity contribution in [2.45, 2.75) is 19.0 Å². The summed E-state index contributed by atoms with van der Waals surface area (Å²) < 4.78 is 13.8.